The highest BCUT2D eigenvalue weighted by atomic mass is 19.4. The molecule has 3 aliphatic rings. The summed E-state index contributed by atoms with van der Waals surface area (Å²) in [6, 6.07) is 0.364. The van der Waals surface area contributed by atoms with Crippen LogP contribution in [-0.2, 0) is 10.9 Å². The summed E-state index contributed by atoms with van der Waals surface area (Å²) < 4.78 is 44.0. The van der Waals surface area contributed by atoms with E-state index in [2.05, 4.69) is 15.3 Å². The van der Waals surface area contributed by atoms with Crippen LogP contribution < -0.4 is 16.8 Å². The zero-order valence-corrected chi connectivity index (χ0v) is 18.0. The minimum Gasteiger partial charge on any atom is -0.451 e. The van der Waals surface area contributed by atoms with Gasteiger partial charge in [0.2, 0.25) is 5.79 Å². The van der Waals surface area contributed by atoms with Crippen LogP contribution in [0, 0.1) is 0 Å². The predicted octanol–water partition coefficient (Wildman–Crippen LogP) is -0.932. The van der Waals surface area contributed by atoms with Gasteiger partial charge in [0.1, 0.15) is 12.1 Å². The number of carbonyl (C=O) groups excluding carboxylic acids is 1. The van der Waals surface area contributed by atoms with Crippen LogP contribution in [0.3, 0.4) is 0 Å². The Labute approximate surface area is 191 Å². The summed E-state index contributed by atoms with van der Waals surface area (Å²) in [6.45, 7) is 1.29. The number of guanidine groups is 2. The molecule has 0 bridgehead atoms. The third-order valence-electron chi connectivity index (χ3n) is 6.41. The molecule has 1 aromatic carbocycles. The van der Waals surface area contributed by atoms with Crippen LogP contribution in [-0.4, -0.2) is 80.4 Å². The number of carbonyl (C=O) groups is 1. The molecule has 3 heterocycles. The average Bonchev–Trinajstić information content (AvgIpc) is 3.21. The van der Waals surface area contributed by atoms with Crippen molar-refractivity contribution in [3.63, 3.8) is 0 Å². The average molecular weight is 486 g/mol. The van der Waals surface area contributed by atoms with Gasteiger partial charge in [0.05, 0.1) is 23.8 Å². The third-order valence-corrected chi connectivity index (χ3v) is 6.41. The van der Waals surface area contributed by atoms with E-state index in [0.29, 0.717) is 6.42 Å². The van der Waals surface area contributed by atoms with E-state index in [4.69, 9.17) is 16.2 Å². The minimum absolute atomic E-state index is 0.147. The fourth-order valence-corrected chi connectivity index (χ4v) is 4.99. The lowest BCUT2D eigenvalue weighted by Crippen LogP contribution is -2.77. The third kappa shape index (κ3) is 3.35. The van der Waals surface area contributed by atoms with Gasteiger partial charge in [0.15, 0.2) is 23.7 Å². The fraction of sp³-hybridized carbons (Fsp3) is 0.550. The van der Waals surface area contributed by atoms with Crippen LogP contribution >= 0.6 is 0 Å². The predicted molar refractivity (Wildman–Crippen MR) is 112 cm³/mol. The van der Waals surface area contributed by atoms with Gasteiger partial charge in [-0.15, -0.1) is 0 Å². The number of hydrogen-bond acceptors (Lipinski definition) is 11. The molecule has 0 aromatic heterocycles. The number of nitrogens with zero attached hydrogens (tertiary/aromatic N) is 3. The molecular weight excluding hydrogens is 461 g/mol. The van der Waals surface area contributed by atoms with Crippen LogP contribution in [0.15, 0.2) is 34.3 Å². The summed E-state index contributed by atoms with van der Waals surface area (Å²) >= 11 is 0. The minimum atomic E-state index is -4.59. The van der Waals surface area contributed by atoms with Crippen molar-refractivity contribution in [2.24, 2.45) is 21.5 Å². The lowest BCUT2D eigenvalue weighted by Gasteiger charge is -2.49. The molecule has 0 amide bonds. The number of alkyl halides is 3. The molecule has 0 radical (unpaired) electrons. The normalized spacial score (nSPS) is 31.8. The summed E-state index contributed by atoms with van der Waals surface area (Å²) in [5.74, 6) is -4.21. The summed E-state index contributed by atoms with van der Waals surface area (Å²) in [5, 5.41) is 35.3. The van der Waals surface area contributed by atoms with Gasteiger partial charge in [-0.3, -0.25) is 0 Å². The first-order chi connectivity index (χ1) is 15.9. The highest BCUT2D eigenvalue weighted by Crippen LogP contribution is 2.49. The Balaban J connectivity index is 1.72. The summed E-state index contributed by atoms with van der Waals surface area (Å²) in [7, 11) is 0. The van der Waals surface area contributed by atoms with Gasteiger partial charge in [-0.1, -0.05) is 13.3 Å². The number of nitrogens with one attached hydrogen (secondary N) is 1. The SMILES string of the molecule is CCC[C@H]1[C@H](OC(=O)c2ccc(C(F)(F)F)cc2)C(O)(O)[C@]23NC(N)=N[C@H]2[C@H](CO)N=C(N)N13. The van der Waals surface area contributed by atoms with Crippen LogP contribution in [0.25, 0.3) is 0 Å². The largest absolute Gasteiger partial charge is 0.451 e. The van der Waals surface area contributed by atoms with Crippen LogP contribution in [0.4, 0.5) is 13.2 Å². The molecule has 1 fully saturated rings. The number of esters is 1. The molecule has 1 spiro atoms. The van der Waals surface area contributed by atoms with Gasteiger partial charge in [-0.25, -0.2) is 14.8 Å². The Morgan fingerprint density at radius 2 is 1.88 bits per heavy atom. The van der Waals surface area contributed by atoms with Crippen molar-refractivity contribution in [2.45, 2.75) is 61.6 Å². The zero-order valence-electron chi connectivity index (χ0n) is 18.0. The maximum Gasteiger partial charge on any atom is 0.416 e. The van der Waals surface area contributed by atoms with Gasteiger partial charge in [-0.2, -0.15) is 13.2 Å². The maximum absolute atomic E-state index is 12.9. The molecule has 14 heteroatoms. The maximum atomic E-state index is 12.9. The van der Waals surface area contributed by atoms with Crippen LogP contribution in [0.5, 0.6) is 0 Å². The number of nitrogens with two attached hydrogens (primary N) is 2. The Kier molecular flexibility index (Phi) is 5.65. The van der Waals surface area contributed by atoms with Crippen LogP contribution in [0.1, 0.15) is 35.7 Å². The standard InChI is InChI=1S/C20H25F3N6O5/c1-2-3-12-14(34-15(31)9-4-6-10(7-5-9)20(21,22)23)19(32,33)18-13(27-16(24)28-18)11(8-30)26-17(25)29(12)18/h4-7,11-14,30,32-33H,2-3,8H2,1H3,(H2,25,26)(H3,24,27,28)/t11-,12-,13-,14-,18-/m0/s1. The number of hydrogen-bond donors (Lipinski definition) is 6. The lowest BCUT2D eigenvalue weighted by molar-refractivity contribution is -0.257. The summed E-state index contributed by atoms with van der Waals surface area (Å²) in [6.07, 6.45) is -5.43. The van der Waals surface area contributed by atoms with Gasteiger partial charge in [-0.05, 0) is 30.7 Å². The number of rotatable bonds is 5. The van der Waals surface area contributed by atoms with E-state index in [1.165, 1.54) is 4.90 Å². The molecule has 5 atom stereocenters. The lowest BCUT2D eigenvalue weighted by atomic mass is 9.85. The molecule has 186 valence electrons. The second kappa shape index (κ2) is 7.99. The van der Waals surface area contributed by atoms with E-state index in [0.717, 1.165) is 24.3 Å². The van der Waals surface area contributed by atoms with Crippen molar-refractivity contribution < 1.29 is 38.0 Å². The quantitative estimate of drug-likeness (QED) is 0.226. The molecule has 11 nitrogen and oxygen atoms in total. The van der Waals surface area contributed by atoms with Gasteiger partial charge < -0.3 is 41.7 Å². The highest BCUT2D eigenvalue weighted by Gasteiger charge is 2.77. The van der Waals surface area contributed by atoms with Crippen molar-refractivity contribution in [3.8, 4) is 0 Å². The van der Waals surface area contributed by atoms with Crippen molar-refractivity contribution >= 4 is 17.9 Å². The van der Waals surface area contributed by atoms with Crippen LogP contribution in [0.2, 0.25) is 0 Å². The number of aliphatic hydroxyl groups is 3. The van der Waals surface area contributed by atoms with Gasteiger partial charge in [0, 0.05) is 0 Å². The molecule has 0 unspecified atom stereocenters. The van der Waals surface area contributed by atoms with Crippen molar-refractivity contribution in [1.82, 2.24) is 10.2 Å². The van der Waals surface area contributed by atoms with E-state index >= 15 is 0 Å². The second-order valence-electron chi connectivity index (χ2n) is 8.44. The first kappa shape index (κ1) is 24.0. The molecule has 0 aliphatic carbocycles. The molecule has 0 saturated carbocycles. The van der Waals surface area contributed by atoms with E-state index in [1.807, 2.05) is 6.92 Å². The van der Waals surface area contributed by atoms with E-state index in [9.17, 15) is 33.3 Å². The second-order valence-corrected chi connectivity index (χ2v) is 8.44. The molecule has 1 saturated heterocycles. The van der Waals surface area contributed by atoms with Crippen molar-refractivity contribution in [1.29, 1.82) is 0 Å². The molecule has 4 rings (SSSR count). The van der Waals surface area contributed by atoms with E-state index in [-0.39, 0.29) is 23.9 Å². The smallest absolute Gasteiger partial charge is 0.416 e. The first-order valence-corrected chi connectivity index (χ1v) is 10.6. The van der Waals surface area contributed by atoms with Gasteiger partial charge >= 0.3 is 12.1 Å². The van der Waals surface area contributed by atoms with Crippen molar-refractivity contribution in [3.05, 3.63) is 35.4 Å². The Hall–Kier alpha value is -3.10. The number of aliphatic hydroxyl groups excluding tert-OH is 1. The topological polar surface area (TPSA) is 179 Å². The summed E-state index contributed by atoms with van der Waals surface area (Å²) in [5.41, 5.74) is 8.93. The van der Waals surface area contributed by atoms with Gasteiger partial charge in [0.25, 0.3) is 0 Å². The first-order valence-electron chi connectivity index (χ1n) is 10.6. The molecule has 1 aromatic rings. The Bertz CT molecular complexity index is 1030. The number of ether oxygens (including phenoxy) is 1. The Morgan fingerprint density at radius 3 is 2.44 bits per heavy atom. The summed E-state index contributed by atoms with van der Waals surface area (Å²) in [4.78, 5) is 22.6. The monoisotopic (exact) mass is 486 g/mol. The van der Waals surface area contributed by atoms with Crippen molar-refractivity contribution in [2.75, 3.05) is 6.61 Å². The van der Waals surface area contributed by atoms with E-state index < -0.39 is 60.0 Å². The number of benzene rings is 1. The molecule has 8 N–H and O–H groups in total. The highest BCUT2D eigenvalue weighted by molar-refractivity contribution is 5.90. The Morgan fingerprint density at radius 1 is 1.24 bits per heavy atom. The number of halogens is 3. The number of aliphatic imine (C=N–C) groups is 2. The molecule has 3 aliphatic heterocycles. The molecular formula is C20H25F3N6O5. The zero-order chi connectivity index (χ0) is 25.1. The van der Waals surface area contributed by atoms with E-state index in [1.54, 1.807) is 0 Å². The molecule has 34 heavy (non-hydrogen) atoms. The fourth-order valence-electron chi connectivity index (χ4n) is 4.99.